The molecular formula is C59H104O6. The molecule has 0 radical (unpaired) electrons. The van der Waals surface area contributed by atoms with Crippen molar-refractivity contribution in [2.75, 3.05) is 13.2 Å². The van der Waals surface area contributed by atoms with Gasteiger partial charge in [-0.1, -0.05) is 236 Å². The van der Waals surface area contributed by atoms with E-state index in [4.69, 9.17) is 14.2 Å². The molecule has 0 rings (SSSR count). The molecular weight excluding hydrogens is 805 g/mol. The summed E-state index contributed by atoms with van der Waals surface area (Å²) < 4.78 is 16.8. The number of carbonyl (C=O) groups excluding carboxylic acids is 3. The van der Waals surface area contributed by atoms with Crippen LogP contribution in [-0.2, 0) is 28.6 Å². The van der Waals surface area contributed by atoms with E-state index in [9.17, 15) is 14.4 Å². The van der Waals surface area contributed by atoms with Gasteiger partial charge in [0.05, 0.1) is 0 Å². The summed E-state index contributed by atoms with van der Waals surface area (Å²) in [7, 11) is 0. The maximum atomic E-state index is 12.8. The van der Waals surface area contributed by atoms with Gasteiger partial charge in [-0.25, -0.2) is 0 Å². The Morgan fingerprint density at radius 2 is 0.569 bits per heavy atom. The van der Waals surface area contributed by atoms with Gasteiger partial charge in [-0.3, -0.25) is 14.4 Å². The van der Waals surface area contributed by atoms with Crippen molar-refractivity contribution in [2.24, 2.45) is 0 Å². The van der Waals surface area contributed by atoms with Gasteiger partial charge in [0.15, 0.2) is 6.10 Å². The molecule has 376 valence electrons. The second-order valence-corrected chi connectivity index (χ2v) is 18.5. The summed E-state index contributed by atoms with van der Waals surface area (Å²) in [4.78, 5) is 38.0. The van der Waals surface area contributed by atoms with Crippen LogP contribution in [0.2, 0.25) is 0 Å². The molecule has 6 nitrogen and oxygen atoms in total. The molecule has 0 heterocycles. The summed E-state index contributed by atoms with van der Waals surface area (Å²) in [5.74, 6) is -0.902. The highest BCUT2D eigenvalue weighted by atomic mass is 16.6. The van der Waals surface area contributed by atoms with Crippen molar-refractivity contribution in [1.82, 2.24) is 0 Å². The van der Waals surface area contributed by atoms with Crippen LogP contribution >= 0.6 is 0 Å². The molecule has 1 atom stereocenters. The molecule has 0 N–H and O–H groups in total. The van der Waals surface area contributed by atoms with Gasteiger partial charge in [0.25, 0.3) is 0 Å². The van der Waals surface area contributed by atoms with Gasteiger partial charge in [-0.15, -0.1) is 0 Å². The third-order valence-corrected chi connectivity index (χ3v) is 12.0. The molecule has 0 aromatic rings. The Labute approximate surface area is 402 Å². The summed E-state index contributed by atoms with van der Waals surface area (Å²) in [5.41, 5.74) is 0. The van der Waals surface area contributed by atoms with Crippen LogP contribution in [0.1, 0.15) is 278 Å². The first-order valence-electron chi connectivity index (χ1n) is 27.8. The van der Waals surface area contributed by atoms with Crippen LogP contribution in [0, 0.1) is 0 Å². The number of esters is 3. The SMILES string of the molecule is CCCC/C=C\C/C=C\CCCCCCCC(=O)OC(COC(=O)CCCCCCCC/C=C\C/C=C\C/C=C\CCCCCCC)COC(=O)CCCCCCCCCCCCCC. The highest BCUT2D eigenvalue weighted by Gasteiger charge is 2.19. The smallest absolute Gasteiger partial charge is 0.306 e. The van der Waals surface area contributed by atoms with Crippen LogP contribution in [0.5, 0.6) is 0 Å². The molecule has 0 fully saturated rings. The maximum absolute atomic E-state index is 12.8. The monoisotopic (exact) mass is 909 g/mol. The van der Waals surface area contributed by atoms with Crippen LogP contribution in [0.15, 0.2) is 60.8 Å². The molecule has 0 aliphatic heterocycles. The highest BCUT2D eigenvalue weighted by molar-refractivity contribution is 5.71. The number of unbranched alkanes of at least 4 members (excludes halogenated alkanes) is 29. The largest absolute Gasteiger partial charge is 0.462 e. The Kier molecular flexibility index (Phi) is 51.3. The Balaban J connectivity index is 4.36. The molecule has 0 aromatic heterocycles. The normalized spacial score (nSPS) is 12.5. The van der Waals surface area contributed by atoms with Crippen molar-refractivity contribution in [3.05, 3.63) is 60.8 Å². The zero-order valence-electron chi connectivity index (χ0n) is 43.0. The van der Waals surface area contributed by atoms with E-state index >= 15 is 0 Å². The van der Waals surface area contributed by atoms with Gasteiger partial charge in [-0.05, 0) is 83.5 Å². The molecule has 0 spiro atoms. The lowest BCUT2D eigenvalue weighted by atomic mass is 10.0. The zero-order valence-corrected chi connectivity index (χ0v) is 43.0. The number of hydrogen-bond acceptors (Lipinski definition) is 6. The van der Waals surface area contributed by atoms with Crippen molar-refractivity contribution < 1.29 is 28.6 Å². The van der Waals surface area contributed by atoms with Gasteiger partial charge in [-0.2, -0.15) is 0 Å². The Morgan fingerprint density at radius 3 is 0.908 bits per heavy atom. The standard InChI is InChI=1S/C59H104O6/c1-4-7-10-13-16-19-22-25-27-28-29-30-31-32-33-35-37-40-43-46-49-52-58(61)64-55-56(54-63-57(60)51-48-45-42-39-36-24-21-18-15-12-9-6-3)65-59(62)53-50-47-44-41-38-34-26-23-20-17-14-11-8-5-2/h14,17,22-23,25-26,28-29,31-32,56H,4-13,15-16,18-21,24,27,30,33-55H2,1-3H3/b17-14-,25-22-,26-23-,29-28-,32-31-. The molecule has 0 aliphatic rings. The van der Waals surface area contributed by atoms with Gasteiger partial charge >= 0.3 is 17.9 Å². The van der Waals surface area contributed by atoms with E-state index in [0.29, 0.717) is 19.3 Å². The van der Waals surface area contributed by atoms with Crippen molar-refractivity contribution in [3.8, 4) is 0 Å². The molecule has 65 heavy (non-hydrogen) atoms. The van der Waals surface area contributed by atoms with E-state index in [1.165, 1.54) is 135 Å². The minimum atomic E-state index is -0.785. The minimum absolute atomic E-state index is 0.0823. The summed E-state index contributed by atoms with van der Waals surface area (Å²) in [5, 5.41) is 0. The van der Waals surface area contributed by atoms with Crippen molar-refractivity contribution in [1.29, 1.82) is 0 Å². The van der Waals surface area contributed by atoms with Gasteiger partial charge in [0.2, 0.25) is 0 Å². The van der Waals surface area contributed by atoms with Crippen LogP contribution in [0.25, 0.3) is 0 Å². The van der Waals surface area contributed by atoms with Crippen molar-refractivity contribution in [2.45, 2.75) is 284 Å². The van der Waals surface area contributed by atoms with E-state index in [2.05, 4.69) is 81.5 Å². The lowest BCUT2D eigenvalue weighted by Gasteiger charge is -2.18. The van der Waals surface area contributed by atoms with Crippen molar-refractivity contribution in [3.63, 3.8) is 0 Å². The number of rotatable bonds is 50. The average Bonchev–Trinajstić information content (AvgIpc) is 3.30. The molecule has 0 aromatic carbocycles. The van der Waals surface area contributed by atoms with E-state index < -0.39 is 6.10 Å². The first kappa shape index (κ1) is 62.1. The summed E-state index contributed by atoms with van der Waals surface area (Å²) in [6.45, 7) is 6.58. The molecule has 6 heteroatoms. The van der Waals surface area contributed by atoms with Gasteiger partial charge in [0.1, 0.15) is 13.2 Å². The Hall–Kier alpha value is -2.89. The third-order valence-electron chi connectivity index (χ3n) is 12.0. The fourth-order valence-electron chi connectivity index (χ4n) is 7.76. The molecule has 0 amide bonds. The number of allylic oxidation sites excluding steroid dienone is 10. The van der Waals surface area contributed by atoms with Gasteiger partial charge < -0.3 is 14.2 Å². The van der Waals surface area contributed by atoms with E-state index in [0.717, 1.165) is 103 Å². The van der Waals surface area contributed by atoms with Crippen molar-refractivity contribution >= 4 is 17.9 Å². The summed E-state index contributed by atoms with van der Waals surface area (Å²) in [6.07, 6.45) is 66.3. The van der Waals surface area contributed by atoms with Gasteiger partial charge in [0, 0.05) is 19.3 Å². The predicted octanol–water partition coefficient (Wildman–Crippen LogP) is 18.4. The average molecular weight is 909 g/mol. The van der Waals surface area contributed by atoms with Crippen LogP contribution in [0.4, 0.5) is 0 Å². The summed E-state index contributed by atoms with van der Waals surface area (Å²) >= 11 is 0. The van der Waals surface area contributed by atoms with Crippen LogP contribution in [0.3, 0.4) is 0 Å². The molecule has 0 saturated heterocycles. The second kappa shape index (κ2) is 53.7. The zero-order chi connectivity index (χ0) is 47.2. The fourth-order valence-corrected chi connectivity index (χ4v) is 7.76. The first-order valence-corrected chi connectivity index (χ1v) is 27.8. The highest BCUT2D eigenvalue weighted by Crippen LogP contribution is 2.15. The van der Waals surface area contributed by atoms with E-state index in [1.54, 1.807) is 0 Å². The quantitative estimate of drug-likeness (QED) is 0.0262. The second-order valence-electron chi connectivity index (χ2n) is 18.5. The van der Waals surface area contributed by atoms with Crippen LogP contribution < -0.4 is 0 Å². The number of carbonyl (C=O) groups is 3. The Morgan fingerprint density at radius 1 is 0.308 bits per heavy atom. The number of hydrogen-bond donors (Lipinski definition) is 0. The molecule has 0 aliphatic carbocycles. The number of ether oxygens (including phenoxy) is 3. The minimum Gasteiger partial charge on any atom is -0.462 e. The van der Waals surface area contributed by atoms with E-state index in [-0.39, 0.29) is 31.1 Å². The fraction of sp³-hybridized carbons (Fsp3) is 0.780. The third kappa shape index (κ3) is 51.9. The molecule has 0 bridgehead atoms. The molecule has 0 saturated carbocycles. The van der Waals surface area contributed by atoms with Crippen LogP contribution in [-0.4, -0.2) is 37.2 Å². The first-order chi connectivity index (χ1) is 32.0. The lowest BCUT2D eigenvalue weighted by molar-refractivity contribution is -0.167. The predicted molar refractivity (Wildman–Crippen MR) is 279 cm³/mol. The summed E-state index contributed by atoms with van der Waals surface area (Å²) in [6, 6.07) is 0. The topological polar surface area (TPSA) is 78.9 Å². The lowest BCUT2D eigenvalue weighted by Crippen LogP contribution is -2.30. The molecule has 1 unspecified atom stereocenters. The maximum Gasteiger partial charge on any atom is 0.306 e. The Bertz CT molecular complexity index is 1180. The van der Waals surface area contributed by atoms with E-state index in [1.807, 2.05) is 0 Å².